The second kappa shape index (κ2) is 3.15. The van der Waals surface area contributed by atoms with Crippen molar-refractivity contribution < 1.29 is 4.74 Å². The number of pyridine rings is 1. The van der Waals surface area contributed by atoms with Gasteiger partial charge in [0.15, 0.2) is 0 Å². The van der Waals surface area contributed by atoms with Crippen LogP contribution in [0.25, 0.3) is 0 Å². The van der Waals surface area contributed by atoms with Gasteiger partial charge in [-0.25, -0.2) is 0 Å². The SMILES string of the molecule is [B]c1ccc(C2(C)CCCO2)nc1. The Morgan fingerprint density at radius 3 is 2.92 bits per heavy atom. The van der Waals surface area contributed by atoms with Gasteiger partial charge in [-0.05, 0) is 25.8 Å². The molecule has 2 rings (SSSR count). The second-order valence-electron chi connectivity index (χ2n) is 3.66. The van der Waals surface area contributed by atoms with Crippen molar-refractivity contribution in [3.8, 4) is 0 Å². The largest absolute Gasteiger partial charge is 0.369 e. The molecule has 1 fully saturated rings. The Balaban J connectivity index is 2.29. The molecule has 1 unspecified atom stereocenters. The Bertz CT molecular complexity index is 290. The van der Waals surface area contributed by atoms with E-state index in [0.717, 1.165) is 25.1 Å². The molecule has 1 aromatic rings. The number of ether oxygens (including phenoxy) is 1. The van der Waals surface area contributed by atoms with Crippen molar-refractivity contribution >= 4 is 13.3 Å². The maximum Gasteiger partial charge on any atom is 0.115 e. The molecular weight excluding hydrogens is 161 g/mol. The first-order valence-corrected chi connectivity index (χ1v) is 4.57. The molecule has 1 aliphatic heterocycles. The van der Waals surface area contributed by atoms with Crippen molar-refractivity contribution in [3.63, 3.8) is 0 Å². The summed E-state index contributed by atoms with van der Waals surface area (Å²) in [5.74, 6) is 0. The molecule has 1 atom stereocenters. The van der Waals surface area contributed by atoms with Crippen LogP contribution in [0.1, 0.15) is 25.5 Å². The average molecular weight is 173 g/mol. The van der Waals surface area contributed by atoms with E-state index in [4.69, 9.17) is 12.6 Å². The minimum absolute atomic E-state index is 0.187. The maximum absolute atomic E-state index is 5.66. The first-order valence-electron chi connectivity index (χ1n) is 4.57. The molecule has 0 amide bonds. The monoisotopic (exact) mass is 173 g/mol. The lowest BCUT2D eigenvalue weighted by molar-refractivity contribution is 0.0133. The molecule has 2 nitrogen and oxygen atoms in total. The van der Waals surface area contributed by atoms with Gasteiger partial charge >= 0.3 is 0 Å². The normalized spacial score (nSPS) is 27.8. The van der Waals surface area contributed by atoms with Crippen molar-refractivity contribution in [2.75, 3.05) is 6.61 Å². The molecule has 2 radical (unpaired) electrons. The molecule has 3 heteroatoms. The van der Waals surface area contributed by atoms with Crippen LogP contribution in [0.3, 0.4) is 0 Å². The predicted molar refractivity (Wildman–Crippen MR) is 52.2 cm³/mol. The summed E-state index contributed by atoms with van der Waals surface area (Å²) in [6.45, 7) is 2.92. The number of hydrogen-bond acceptors (Lipinski definition) is 2. The molecular formula is C10H12BNO. The van der Waals surface area contributed by atoms with Crippen LogP contribution in [-0.2, 0) is 10.3 Å². The highest BCUT2D eigenvalue weighted by Crippen LogP contribution is 2.33. The third kappa shape index (κ3) is 1.61. The first kappa shape index (κ1) is 8.76. The van der Waals surface area contributed by atoms with Crippen LogP contribution in [0.15, 0.2) is 18.3 Å². The summed E-state index contributed by atoms with van der Waals surface area (Å²) >= 11 is 0. The van der Waals surface area contributed by atoms with Gasteiger partial charge in [0.2, 0.25) is 0 Å². The van der Waals surface area contributed by atoms with Crippen molar-refractivity contribution in [2.24, 2.45) is 0 Å². The summed E-state index contributed by atoms with van der Waals surface area (Å²) in [6.07, 6.45) is 3.84. The quantitative estimate of drug-likeness (QED) is 0.588. The Kier molecular flexibility index (Phi) is 2.12. The minimum Gasteiger partial charge on any atom is -0.369 e. The van der Waals surface area contributed by atoms with E-state index in [0.29, 0.717) is 5.46 Å². The highest BCUT2D eigenvalue weighted by atomic mass is 16.5. The number of nitrogens with zero attached hydrogens (tertiary/aromatic N) is 1. The molecule has 66 valence electrons. The summed E-state index contributed by atoms with van der Waals surface area (Å²) in [5.41, 5.74) is 1.50. The van der Waals surface area contributed by atoms with E-state index < -0.39 is 0 Å². The van der Waals surface area contributed by atoms with E-state index in [-0.39, 0.29) is 5.60 Å². The summed E-state index contributed by atoms with van der Waals surface area (Å²) < 4.78 is 5.66. The third-order valence-corrected chi connectivity index (χ3v) is 2.55. The molecule has 2 heterocycles. The van der Waals surface area contributed by atoms with Crippen LogP contribution >= 0.6 is 0 Å². The zero-order chi connectivity index (χ0) is 9.31. The van der Waals surface area contributed by atoms with Gasteiger partial charge in [0.05, 0.1) is 5.69 Å². The fourth-order valence-electron chi connectivity index (χ4n) is 1.70. The smallest absolute Gasteiger partial charge is 0.115 e. The molecule has 0 aliphatic carbocycles. The standard InChI is InChI=1S/C10H12BNO/c1-10(5-2-6-13-10)9-4-3-8(11)7-12-9/h3-4,7H,2,5-6H2,1H3. The number of rotatable bonds is 1. The summed E-state index contributed by atoms with van der Waals surface area (Å²) in [5, 5.41) is 0. The number of aromatic nitrogens is 1. The van der Waals surface area contributed by atoms with Crippen LogP contribution in [0, 0.1) is 0 Å². The van der Waals surface area contributed by atoms with Crippen LogP contribution in [-0.4, -0.2) is 19.4 Å². The third-order valence-electron chi connectivity index (χ3n) is 2.55. The molecule has 0 N–H and O–H groups in total. The van der Waals surface area contributed by atoms with E-state index in [9.17, 15) is 0 Å². The van der Waals surface area contributed by atoms with Crippen LogP contribution in [0.4, 0.5) is 0 Å². The Labute approximate surface area is 79.7 Å². The summed E-state index contributed by atoms with van der Waals surface area (Å²) in [4.78, 5) is 4.28. The highest BCUT2D eigenvalue weighted by molar-refractivity contribution is 6.32. The van der Waals surface area contributed by atoms with E-state index in [1.54, 1.807) is 6.20 Å². The summed E-state index contributed by atoms with van der Waals surface area (Å²) in [7, 11) is 5.57. The fraction of sp³-hybridized carbons (Fsp3) is 0.500. The van der Waals surface area contributed by atoms with Gasteiger partial charge in [0.25, 0.3) is 0 Å². The molecule has 0 bridgehead atoms. The van der Waals surface area contributed by atoms with Gasteiger partial charge < -0.3 is 4.74 Å². The minimum atomic E-state index is -0.187. The van der Waals surface area contributed by atoms with Gasteiger partial charge in [-0.1, -0.05) is 11.5 Å². The molecule has 1 saturated heterocycles. The average Bonchev–Trinajstić information content (AvgIpc) is 2.54. The Morgan fingerprint density at radius 2 is 2.38 bits per heavy atom. The number of hydrogen-bond donors (Lipinski definition) is 0. The van der Waals surface area contributed by atoms with Gasteiger partial charge in [0, 0.05) is 12.8 Å². The van der Waals surface area contributed by atoms with E-state index in [2.05, 4.69) is 11.9 Å². The molecule has 0 saturated carbocycles. The molecule has 0 spiro atoms. The van der Waals surface area contributed by atoms with Gasteiger partial charge in [-0.15, -0.1) is 0 Å². The molecule has 13 heavy (non-hydrogen) atoms. The lowest BCUT2D eigenvalue weighted by Gasteiger charge is -2.22. The Morgan fingerprint density at radius 1 is 1.54 bits per heavy atom. The topological polar surface area (TPSA) is 22.1 Å². The van der Waals surface area contributed by atoms with Crippen molar-refractivity contribution in [2.45, 2.75) is 25.4 Å². The molecule has 1 aromatic heterocycles. The maximum atomic E-state index is 5.66. The van der Waals surface area contributed by atoms with Gasteiger partial charge in [-0.2, -0.15) is 0 Å². The summed E-state index contributed by atoms with van der Waals surface area (Å²) in [6, 6.07) is 3.82. The van der Waals surface area contributed by atoms with E-state index in [1.807, 2.05) is 12.1 Å². The van der Waals surface area contributed by atoms with Crippen LogP contribution < -0.4 is 5.46 Å². The molecule has 1 aliphatic rings. The van der Waals surface area contributed by atoms with Crippen molar-refractivity contribution in [1.29, 1.82) is 0 Å². The first-order chi connectivity index (χ1) is 6.21. The van der Waals surface area contributed by atoms with E-state index in [1.165, 1.54) is 0 Å². The van der Waals surface area contributed by atoms with Gasteiger partial charge in [0.1, 0.15) is 13.4 Å². The van der Waals surface area contributed by atoms with Gasteiger partial charge in [-0.3, -0.25) is 4.98 Å². The van der Waals surface area contributed by atoms with Crippen LogP contribution in [0.2, 0.25) is 0 Å². The fourth-order valence-corrected chi connectivity index (χ4v) is 1.70. The van der Waals surface area contributed by atoms with Crippen LogP contribution in [0.5, 0.6) is 0 Å². The Hall–Kier alpha value is -0.825. The predicted octanol–water partition coefficient (Wildman–Crippen LogP) is 0.901. The lowest BCUT2D eigenvalue weighted by Crippen LogP contribution is -2.22. The van der Waals surface area contributed by atoms with E-state index >= 15 is 0 Å². The molecule has 0 aromatic carbocycles. The lowest BCUT2D eigenvalue weighted by atomic mass is 9.94. The van der Waals surface area contributed by atoms with Crippen molar-refractivity contribution in [3.05, 3.63) is 24.0 Å². The zero-order valence-electron chi connectivity index (χ0n) is 7.79. The second-order valence-corrected chi connectivity index (χ2v) is 3.66. The highest BCUT2D eigenvalue weighted by Gasteiger charge is 2.32. The van der Waals surface area contributed by atoms with Crippen molar-refractivity contribution in [1.82, 2.24) is 4.98 Å². The zero-order valence-corrected chi connectivity index (χ0v) is 7.79.